The van der Waals surface area contributed by atoms with Gasteiger partial charge in [-0.25, -0.2) is 0 Å². The predicted octanol–water partition coefficient (Wildman–Crippen LogP) is -1.96. The first-order valence-electron chi connectivity index (χ1n) is 3.43. The number of hydrogen-bond acceptors (Lipinski definition) is 5. The van der Waals surface area contributed by atoms with Gasteiger partial charge in [-0.05, 0) is 0 Å². The molecule has 0 unspecified atom stereocenters. The summed E-state index contributed by atoms with van der Waals surface area (Å²) in [4.78, 5) is 0. The second kappa shape index (κ2) is 3.46. The Kier molecular flexibility index (Phi) is 2.80. The van der Waals surface area contributed by atoms with Crippen molar-refractivity contribution in [2.75, 3.05) is 13.7 Å². The Bertz CT molecular complexity index is 130. The van der Waals surface area contributed by atoms with Crippen LogP contribution in [0.25, 0.3) is 0 Å². The minimum Gasteiger partial charge on any atom is -0.389 e. The molecular formula is C6H13NO4. The van der Waals surface area contributed by atoms with Crippen LogP contribution >= 0.6 is 0 Å². The summed E-state index contributed by atoms with van der Waals surface area (Å²) >= 11 is 0. The van der Waals surface area contributed by atoms with Gasteiger partial charge >= 0.3 is 0 Å². The summed E-state index contributed by atoms with van der Waals surface area (Å²) in [6.45, 7) is 0.0629. The Hall–Kier alpha value is -0.200. The molecule has 0 spiro atoms. The monoisotopic (exact) mass is 163 g/mol. The average molecular weight is 163 g/mol. The van der Waals surface area contributed by atoms with Crippen molar-refractivity contribution in [3.8, 4) is 0 Å². The first-order valence-corrected chi connectivity index (χ1v) is 3.43. The third-order valence-corrected chi connectivity index (χ3v) is 1.77. The molecule has 5 nitrogen and oxygen atoms in total. The molecule has 0 amide bonds. The third kappa shape index (κ3) is 1.69. The largest absolute Gasteiger partial charge is 0.389 e. The third-order valence-electron chi connectivity index (χ3n) is 1.77. The van der Waals surface area contributed by atoms with E-state index in [2.05, 4.69) is 0 Å². The number of hydrogen-bond donors (Lipinski definition) is 3. The maximum Gasteiger partial charge on any atom is 0.174 e. The first-order chi connectivity index (χ1) is 5.16. The summed E-state index contributed by atoms with van der Waals surface area (Å²) in [7, 11) is 1.44. The van der Waals surface area contributed by atoms with E-state index in [0.717, 1.165) is 0 Å². The fraction of sp³-hybridized carbons (Fsp3) is 1.00. The molecule has 1 rings (SSSR count). The van der Waals surface area contributed by atoms with Crippen LogP contribution in [0.3, 0.4) is 0 Å². The predicted molar refractivity (Wildman–Crippen MR) is 36.7 cm³/mol. The van der Waals surface area contributed by atoms with E-state index in [0.29, 0.717) is 0 Å². The summed E-state index contributed by atoms with van der Waals surface area (Å²) < 4.78 is 9.77. The van der Waals surface area contributed by atoms with Gasteiger partial charge in [0.25, 0.3) is 0 Å². The molecule has 0 aromatic heterocycles. The first kappa shape index (κ1) is 8.89. The van der Waals surface area contributed by atoms with Crippen LogP contribution in [0.5, 0.6) is 0 Å². The van der Waals surface area contributed by atoms with Gasteiger partial charge in [0.15, 0.2) is 6.29 Å². The maximum absolute atomic E-state index is 9.21. The fourth-order valence-corrected chi connectivity index (χ4v) is 1.05. The fourth-order valence-electron chi connectivity index (χ4n) is 1.05. The van der Waals surface area contributed by atoms with Crippen molar-refractivity contribution in [2.45, 2.75) is 24.5 Å². The van der Waals surface area contributed by atoms with E-state index in [1.54, 1.807) is 0 Å². The van der Waals surface area contributed by atoms with Crippen LogP contribution in [0, 0.1) is 0 Å². The highest BCUT2D eigenvalue weighted by Crippen LogP contribution is 2.13. The highest BCUT2D eigenvalue weighted by Gasteiger charge is 2.36. The minimum absolute atomic E-state index is 0.0629. The quantitative estimate of drug-likeness (QED) is 0.418. The van der Waals surface area contributed by atoms with Crippen molar-refractivity contribution in [3.63, 3.8) is 0 Å². The van der Waals surface area contributed by atoms with Gasteiger partial charge in [-0.15, -0.1) is 0 Å². The minimum atomic E-state index is -0.964. The van der Waals surface area contributed by atoms with Gasteiger partial charge in [-0.3, -0.25) is 0 Å². The van der Waals surface area contributed by atoms with E-state index in [9.17, 15) is 5.11 Å². The van der Waals surface area contributed by atoms with Crippen LogP contribution in [-0.4, -0.2) is 48.5 Å². The summed E-state index contributed by atoms with van der Waals surface area (Å²) in [5.41, 5.74) is 5.46. The average Bonchev–Trinajstić information content (AvgIpc) is 2.01. The SMILES string of the molecule is CO[C@H]1OC[C@@H](O)[C@@H](O)[C@@H]1N. The summed E-state index contributed by atoms with van der Waals surface area (Å²) in [6.07, 6.45) is -2.49. The number of ether oxygens (including phenoxy) is 2. The summed E-state index contributed by atoms with van der Waals surface area (Å²) in [6, 6.07) is -0.677. The van der Waals surface area contributed by atoms with E-state index >= 15 is 0 Å². The number of nitrogens with two attached hydrogens (primary N) is 1. The molecule has 4 atom stereocenters. The maximum atomic E-state index is 9.21. The molecule has 1 saturated heterocycles. The molecule has 1 aliphatic rings. The zero-order valence-electron chi connectivity index (χ0n) is 6.30. The van der Waals surface area contributed by atoms with E-state index < -0.39 is 24.5 Å². The van der Waals surface area contributed by atoms with Crippen molar-refractivity contribution in [1.29, 1.82) is 0 Å². The van der Waals surface area contributed by atoms with Gasteiger partial charge in [-0.1, -0.05) is 0 Å². The second-order valence-electron chi connectivity index (χ2n) is 2.57. The lowest BCUT2D eigenvalue weighted by atomic mass is 10.0. The highest BCUT2D eigenvalue weighted by molar-refractivity contribution is 4.85. The smallest absolute Gasteiger partial charge is 0.174 e. The van der Waals surface area contributed by atoms with Crippen molar-refractivity contribution in [1.82, 2.24) is 0 Å². The highest BCUT2D eigenvalue weighted by atomic mass is 16.7. The zero-order valence-corrected chi connectivity index (χ0v) is 6.30. The molecule has 5 heteroatoms. The topological polar surface area (TPSA) is 84.9 Å². The van der Waals surface area contributed by atoms with E-state index in [-0.39, 0.29) is 6.61 Å². The standard InChI is InChI=1S/C6H13NO4/c1-10-6-4(7)5(9)3(8)2-11-6/h3-6,8-9H,2,7H2,1H3/t3-,4+,5-,6+/m1/s1. The van der Waals surface area contributed by atoms with Gasteiger partial charge < -0.3 is 25.4 Å². The molecule has 0 radical (unpaired) electrons. The number of aliphatic hydroxyl groups is 2. The Labute approximate surface area is 64.7 Å². The molecule has 0 bridgehead atoms. The zero-order chi connectivity index (χ0) is 8.43. The molecule has 4 N–H and O–H groups in total. The number of rotatable bonds is 1. The Morgan fingerprint density at radius 3 is 2.73 bits per heavy atom. The van der Waals surface area contributed by atoms with E-state index in [4.69, 9.17) is 20.3 Å². The lowest BCUT2D eigenvalue weighted by Gasteiger charge is -2.34. The van der Waals surface area contributed by atoms with E-state index in [1.165, 1.54) is 7.11 Å². The van der Waals surface area contributed by atoms with Crippen LogP contribution in [-0.2, 0) is 9.47 Å². The number of aliphatic hydroxyl groups excluding tert-OH is 2. The van der Waals surface area contributed by atoms with Crippen molar-refractivity contribution < 1.29 is 19.7 Å². The molecule has 66 valence electrons. The Morgan fingerprint density at radius 2 is 2.18 bits per heavy atom. The summed E-state index contributed by atoms with van der Waals surface area (Å²) in [5, 5.41) is 18.3. The lowest BCUT2D eigenvalue weighted by molar-refractivity contribution is -0.217. The van der Waals surface area contributed by atoms with Crippen LogP contribution in [0.4, 0.5) is 0 Å². The number of methoxy groups -OCH3 is 1. The van der Waals surface area contributed by atoms with Crippen LogP contribution in [0.1, 0.15) is 0 Å². The molecule has 11 heavy (non-hydrogen) atoms. The molecule has 1 heterocycles. The van der Waals surface area contributed by atoms with Crippen molar-refractivity contribution in [2.24, 2.45) is 5.73 Å². The van der Waals surface area contributed by atoms with Crippen LogP contribution in [0.15, 0.2) is 0 Å². The van der Waals surface area contributed by atoms with Crippen LogP contribution in [0.2, 0.25) is 0 Å². The lowest BCUT2D eigenvalue weighted by Crippen LogP contribution is -2.57. The van der Waals surface area contributed by atoms with Gasteiger partial charge in [0.2, 0.25) is 0 Å². The molecule has 0 aromatic carbocycles. The molecule has 0 aliphatic carbocycles. The molecule has 0 saturated carbocycles. The summed E-state index contributed by atoms with van der Waals surface area (Å²) in [5.74, 6) is 0. The van der Waals surface area contributed by atoms with E-state index in [1.807, 2.05) is 0 Å². The second-order valence-corrected chi connectivity index (χ2v) is 2.57. The molecule has 0 aromatic rings. The Morgan fingerprint density at radius 1 is 1.55 bits per heavy atom. The van der Waals surface area contributed by atoms with Gasteiger partial charge in [-0.2, -0.15) is 0 Å². The molecular weight excluding hydrogens is 150 g/mol. The van der Waals surface area contributed by atoms with Gasteiger partial charge in [0, 0.05) is 7.11 Å². The van der Waals surface area contributed by atoms with Gasteiger partial charge in [0.05, 0.1) is 12.6 Å². The normalized spacial score (nSPS) is 45.8. The van der Waals surface area contributed by atoms with Crippen LogP contribution < -0.4 is 5.73 Å². The molecule has 1 aliphatic heterocycles. The van der Waals surface area contributed by atoms with Gasteiger partial charge in [0.1, 0.15) is 12.2 Å². The van der Waals surface area contributed by atoms with Crippen molar-refractivity contribution in [3.05, 3.63) is 0 Å². The van der Waals surface area contributed by atoms with Crippen molar-refractivity contribution >= 4 is 0 Å². The molecule has 1 fully saturated rings. The Balaban J connectivity index is 2.52.